The predicted molar refractivity (Wildman–Crippen MR) is 79.0 cm³/mol. The summed E-state index contributed by atoms with van der Waals surface area (Å²) in [6.45, 7) is 3.32. The molecule has 1 fully saturated rings. The van der Waals surface area contributed by atoms with Crippen LogP contribution in [-0.2, 0) is 13.0 Å². The average Bonchev–Trinajstić information content (AvgIpc) is 3.11. The highest BCUT2D eigenvalue weighted by Gasteiger charge is 2.27. The molecule has 4 rings (SSSR count). The number of aromatic nitrogens is 3. The van der Waals surface area contributed by atoms with Crippen LogP contribution in [0.3, 0.4) is 0 Å². The van der Waals surface area contributed by atoms with E-state index in [2.05, 4.69) is 32.8 Å². The maximum Gasteiger partial charge on any atom is 0.128 e. The molecular weight excluding hydrogens is 248 g/mol. The van der Waals surface area contributed by atoms with E-state index in [1.165, 1.54) is 37.2 Å². The van der Waals surface area contributed by atoms with Gasteiger partial charge in [-0.15, -0.1) is 0 Å². The van der Waals surface area contributed by atoms with E-state index in [-0.39, 0.29) is 0 Å². The van der Waals surface area contributed by atoms with E-state index in [1.54, 1.807) is 0 Å². The summed E-state index contributed by atoms with van der Waals surface area (Å²) in [6, 6.07) is 6.16. The summed E-state index contributed by atoms with van der Waals surface area (Å²) in [5.74, 6) is 2.96. The molecule has 2 aliphatic rings. The van der Waals surface area contributed by atoms with Gasteiger partial charge in [0.2, 0.25) is 0 Å². The number of fused-ring (bicyclic) bond motifs is 1. The molecule has 0 saturated carbocycles. The van der Waals surface area contributed by atoms with E-state index >= 15 is 0 Å². The second-order valence-electron chi connectivity index (χ2n) is 5.84. The first kappa shape index (κ1) is 11.9. The van der Waals surface area contributed by atoms with Crippen molar-refractivity contribution in [1.82, 2.24) is 14.5 Å². The number of nitrogens with zero attached hydrogens (tertiary/aromatic N) is 4. The van der Waals surface area contributed by atoms with Crippen LogP contribution < -0.4 is 4.90 Å². The molecule has 1 unspecified atom stereocenters. The lowest BCUT2D eigenvalue weighted by Crippen LogP contribution is -2.35. The van der Waals surface area contributed by atoms with Gasteiger partial charge in [-0.25, -0.2) is 9.97 Å². The molecule has 104 valence electrons. The van der Waals surface area contributed by atoms with Gasteiger partial charge in [-0.2, -0.15) is 0 Å². The summed E-state index contributed by atoms with van der Waals surface area (Å²) in [5, 5.41) is 0. The van der Waals surface area contributed by atoms with Gasteiger partial charge >= 0.3 is 0 Å². The van der Waals surface area contributed by atoms with Crippen LogP contribution >= 0.6 is 0 Å². The molecule has 0 radical (unpaired) electrons. The minimum absolute atomic E-state index is 0.553. The van der Waals surface area contributed by atoms with Crippen molar-refractivity contribution in [2.24, 2.45) is 0 Å². The summed E-state index contributed by atoms with van der Waals surface area (Å²) in [7, 11) is 0. The van der Waals surface area contributed by atoms with E-state index in [4.69, 9.17) is 4.98 Å². The van der Waals surface area contributed by atoms with Crippen LogP contribution in [0.1, 0.15) is 36.7 Å². The van der Waals surface area contributed by atoms with E-state index in [0.717, 1.165) is 25.5 Å². The zero-order chi connectivity index (χ0) is 13.4. The summed E-state index contributed by atoms with van der Waals surface area (Å²) >= 11 is 0. The van der Waals surface area contributed by atoms with Gasteiger partial charge in [0, 0.05) is 43.6 Å². The normalized spacial score (nSPS) is 22.0. The van der Waals surface area contributed by atoms with E-state index < -0.39 is 0 Å². The molecule has 20 heavy (non-hydrogen) atoms. The lowest BCUT2D eigenvalue weighted by Gasteiger charge is -2.33. The SMILES string of the molecule is c1ccc(N2CCCC(c3ncc4n3CCC4)C2)nc1. The Morgan fingerprint density at radius 3 is 3.00 bits per heavy atom. The maximum atomic E-state index is 4.71. The van der Waals surface area contributed by atoms with Crippen LogP contribution in [0.15, 0.2) is 30.6 Å². The van der Waals surface area contributed by atoms with Gasteiger partial charge in [0.15, 0.2) is 0 Å². The number of pyridine rings is 1. The zero-order valence-corrected chi connectivity index (χ0v) is 11.7. The van der Waals surface area contributed by atoms with Crippen molar-refractivity contribution in [3.05, 3.63) is 42.1 Å². The Morgan fingerprint density at radius 1 is 1.10 bits per heavy atom. The Hall–Kier alpha value is -1.84. The second kappa shape index (κ2) is 4.93. The second-order valence-corrected chi connectivity index (χ2v) is 5.84. The van der Waals surface area contributed by atoms with Crippen LogP contribution in [0.25, 0.3) is 0 Å². The molecule has 4 nitrogen and oxygen atoms in total. The number of imidazole rings is 1. The molecule has 2 aromatic rings. The fraction of sp³-hybridized carbons (Fsp3) is 0.500. The van der Waals surface area contributed by atoms with Crippen molar-refractivity contribution < 1.29 is 0 Å². The third kappa shape index (κ3) is 1.99. The van der Waals surface area contributed by atoms with Gasteiger partial charge in [0.25, 0.3) is 0 Å². The number of rotatable bonds is 2. The monoisotopic (exact) mass is 268 g/mol. The van der Waals surface area contributed by atoms with Gasteiger partial charge in [0.05, 0.1) is 0 Å². The largest absolute Gasteiger partial charge is 0.356 e. The Balaban J connectivity index is 1.57. The van der Waals surface area contributed by atoms with Gasteiger partial charge < -0.3 is 9.47 Å². The molecule has 1 saturated heterocycles. The van der Waals surface area contributed by atoms with E-state index in [0.29, 0.717) is 5.92 Å². The summed E-state index contributed by atoms with van der Waals surface area (Å²) in [5.41, 5.74) is 1.43. The molecule has 2 aliphatic heterocycles. The third-order valence-electron chi connectivity index (χ3n) is 4.54. The van der Waals surface area contributed by atoms with Gasteiger partial charge in [0.1, 0.15) is 11.6 Å². The van der Waals surface area contributed by atoms with Crippen LogP contribution in [0.5, 0.6) is 0 Å². The molecule has 1 atom stereocenters. The number of hydrogen-bond donors (Lipinski definition) is 0. The zero-order valence-electron chi connectivity index (χ0n) is 11.7. The molecular formula is C16H20N4. The summed E-state index contributed by atoms with van der Waals surface area (Å²) in [6.07, 6.45) is 8.92. The topological polar surface area (TPSA) is 34.0 Å². The van der Waals surface area contributed by atoms with Crippen molar-refractivity contribution in [3.8, 4) is 0 Å². The minimum Gasteiger partial charge on any atom is -0.356 e. The van der Waals surface area contributed by atoms with Crippen molar-refractivity contribution in [1.29, 1.82) is 0 Å². The van der Waals surface area contributed by atoms with Gasteiger partial charge in [-0.05, 0) is 37.8 Å². The highest BCUT2D eigenvalue weighted by Crippen LogP contribution is 2.30. The molecule has 0 N–H and O–H groups in total. The Labute approximate surface area is 119 Å². The Kier molecular flexibility index (Phi) is 2.94. The van der Waals surface area contributed by atoms with Crippen molar-refractivity contribution >= 4 is 5.82 Å². The van der Waals surface area contributed by atoms with Crippen LogP contribution in [-0.4, -0.2) is 27.6 Å². The molecule has 4 heterocycles. The highest BCUT2D eigenvalue weighted by molar-refractivity contribution is 5.39. The lowest BCUT2D eigenvalue weighted by molar-refractivity contribution is 0.472. The highest BCUT2D eigenvalue weighted by atomic mass is 15.2. The smallest absolute Gasteiger partial charge is 0.128 e. The molecule has 2 aromatic heterocycles. The average molecular weight is 268 g/mol. The van der Waals surface area contributed by atoms with E-state index in [9.17, 15) is 0 Å². The number of aryl methyl sites for hydroxylation is 1. The molecule has 0 aromatic carbocycles. The summed E-state index contributed by atoms with van der Waals surface area (Å²) < 4.78 is 2.45. The van der Waals surface area contributed by atoms with Crippen molar-refractivity contribution in [2.75, 3.05) is 18.0 Å². The van der Waals surface area contributed by atoms with Gasteiger partial charge in [-0.1, -0.05) is 6.07 Å². The number of anilines is 1. The first-order valence-corrected chi connectivity index (χ1v) is 7.62. The van der Waals surface area contributed by atoms with Crippen LogP contribution in [0.4, 0.5) is 5.82 Å². The first-order valence-electron chi connectivity index (χ1n) is 7.62. The van der Waals surface area contributed by atoms with Gasteiger partial charge in [-0.3, -0.25) is 0 Å². The number of piperidine rings is 1. The maximum absolute atomic E-state index is 4.71. The Bertz CT molecular complexity index is 590. The number of hydrogen-bond acceptors (Lipinski definition) is 3. The third-order valence-corrected chi connectivity index (χ3v) is 4.54. The Morgan fingerprint density at radius 2 is 2.10 bits per heavy atom. The van der Waals surface area contributed by atoms with Crippen molar-refractivity contribution in [2.45, 2.75) is 38.1 Å². The van der Waals surface area contributed by atoms with Crippen molar-refractivity contribution in [3.63, 3.8) is 0 Å². The molecule has 0 spiro atoms. The fourth-order valence-electron chi connectivity index (χ4n) is 3.57. The fourth-order valence-corrected chi connectivity index (χ4v) is 3.57. The summed E-state index contributed by atoms with van der Waals surface area (Å²) in [4.78, 5) is 11.6. The first-order chi connectivity index (χ1) is 9.92. The van der Waals surface area contributed by atoms with E-state index in [1.807, 2.05) is 12.3 Å². The standard InChI is InChI=1S/C16H20N4/c1-2-8-17-15(7-1)19-9-3-5-13(12-19)16-18-11-14-6-4-10-20(14)16/h1-2,7-8,11,13H,3-6,9-10,12H2. The molecule has 0 amide bonds. The molecule has 0 aliphatic carbocycles. The lowest BCUT2D eigenvalue weighted by atomic mass is 9.97. The van der Waals surface area contributed by atoms with Crippen LogP contribution in [0.2, 0.25) is 0 Å². The molecule has 4 heteroatoms. The quantitative estimate of drug-likeness (QED) is 0.839. The van der Waals surface area contributed by atoms with Crippen LogP contribution in [0, 0.1) is 0 Å². The predicted octanol–water partition coefficient (Wildman–Crippen LogP) is 2.61. The minimum atomic E-state index is 0.553. The molecule has 0 bridgehead atoms.